The average molecular weight is 288 g/mol. The Balaban J connectivity index is 2.10. The van der Waals surface area contributed by atoms with Crippen molar-refractivity contribution in [2.45, 2.75) is 37.5 Å². The molecule has 4 heteroatoms. The zero-order chi connectivity index (χ0) is 13.0. The van der Waals surface area contributed by atoms with E-state index in [0.29, 0.717) is 11.3 Å². The fourth-order valence-corrected chi connectivity index (χ4v) is 4.05. The molecular formula is C14H19ClFNS. The molecule has 0 aliphatic carbocycles. The number of rotatable bonds is 5. The van der Waals surface area contributed by atoms with Gasteiger partial charge >= 0.3 is 0 Å². The van der Waals surface area contributed by atoms with Gasteiger partial charge in [0.1, 0.15) is 5.82 Å². The van der Waals surface area contributed by atoms with Gasteiger partial charge in [-0.1, -0.05) is 30.7 Å². The number of likely N-dealkylation sites (N-methyl/N-ethyl adjacent to an activating group) is 1. The lowest BCUT2D eigenvalue weighted by molar-refractivity contribution is 0.484. The normalized spacial score (nSPS) is 21.2. The molecule has 0 saturated carbocycles. The standard InChI is InChI=1S/C14H19ClFNS/c1-2-17-12(13-7-4-8-18-13)9-10-5-3-6-11(15)14(10)16/h3,5-6,12-13,17H,2,4,7-9H2,1H3. The molecule has 1 nitrogen and oxygen atoms in total. The molecule has 1 aliphatic heterocycles. The Morgan fingerprint density at radius 1 is 1.56 bits per heavy atom. The molecular weight excluding hydrogens is 269 g/mol. The summed E-state index contributed by atoms with van der Waals surface area (Å²) in [7, 11) is 0. The summed E-state index contributed by atoms with van der Waals surface area (Å²) in [5, 5.41) is 4.31. The number of benzene rings is 1. The maximum Gasteiger partial charge on any atom is 0.145 e. The van der Waals surface area contributed by atoms with Crippen LogP contribution in [0.4, 0.5) is 4.39 Å². The van der Waals surface area contributed by atoms with Crippen LogP contribution < -0.4 is 5.32 Å². The Morgan fingerprint density at radius 2 is 2.39 bits per heavy atom. The number of hydrogen-bond acceptors (Lipinski definition) is 2. The summed E-state index contributed by atoms with van der Waals surface area (Å²) < 4.78 is 13.9. The van der Waals surface area contributed by atoms with Gasteiger partial charge in [-0.15, -0.1) is 0 Å². The van der Waals surface area contributed by atoms with Crippen molar-refractivity contribution in [1.82, 2.24) is 5.32 Å². The Hall–Kier alpha value is -0.250. The fourth-order valence-electron chi connectivity index (χ4n) is 2.46. The predicted octanol–water partition coefficient (Wildman–Crippen LogP) is 3.90. The highest BCUT2D eigenvalue weighted by atomic mass is 35.5. The minimum Gasteiger partial charge on any atom is -0.313 e. The van der Waals surface area contributed by atoms with Gasteiger partial charge in [-0.05, 0) is 43.2 Å². The molecule has 18 heavy (non-hydrogen) atoms. The van der Waals surface area contributed by atoms with Gasteiger partial charge in [0.25, 0.3) is 0 Å². The molecule has 1 fully saturated rings. The average Bonchev–Trinajstić information content (AvgIpc) is 2.88. The minimum atomic E-state index is -0.259. The van der Waals surface area contributed by atoms with Crippen LogP contribution >= 0.6 is 23.4 Å². The van der Waals surface area contributed by atoms with Crippen molar-refractivity contribution in [2.75, 3.05) is 12.3 Å². The lowest BCUT2D eigenvalue weighted by Crippen LogP contribution is -2.39. The van der Waals surface area contributed by atoms with E-state index in [-0.39, 0.29) is 10.8 Å². The van der Waals surface area contributed by atoms with E-state index in [1.165, 1.54) is 18.6 Å². The van der Waals surface area contributed by atoms with Gasteiger partial charge in [0.2, 0.25) is 0 Å². The van der Waals surface area contributed by atoms with Crippen LogP contribution in [-0.2, 0) is 6.42 Å². The molecule has 100 valence electrons. The maximum atomic E-state index is 13.9. The van der Waals surface area contributed by atoms with Gasteiger partial charge < -0.3 is 5.32 Å². The van der Waals surface area contributed by atoms with E-state index in [1.807, 2.05) is 23.9 Å². The number of hydrogen-bond donors (Lipinski definition) is 1. The van der Waals surface area contributed by atoms with Gasteiger partial charge in [-0.2, -0.15) is 11.8 Å². The Bertz CT molecular complexity index is 393. The van der Waals surface area contributed by atoms with E-state index in [1.54, 1.807) is 6.07 Å². The van der Waals surface area contributed by atoms with Crippen LogP contribution in [0.3, 0.4) is 0 Å². The molecule has 0 amide bonds. The molecule has 1 aliphatic rings. The molecule has 0 aromatic heterocycles. The molecule has 2 rings (SSSR count). The van der Waals surface area contributed by atoms with Gasteiger partial charge in [0, 0.05) is 11.3 Å². The molecule has 0 radical (unpaired) electrons. The molecule has 1 N–H and O–H groups in total. The van der Waals surface area contributed by atoms with E-state index in [2.05, 4.69) is 12.2 Å². The SMILES string of the molecule is CCNC(Cc1cccc(Cl)c1F)C1CCCS1. The molecule has 1 saturated heterocycles. The summed E-state index contributed by atoms with van der Waals surface area (Å²) in [5.74, 6) is 0.968. The number of halogens is 2. The van der Waals surface area contributed by atoms with Crippen molar-refractivity contribution in [1.29, 1.82) is 0 Å². The van der Waals surface area contributed by atoms with Crippen LogP contribution in [-0.4, -0.2) is 23.6 Å². The van der Waals surface area contributed by atoms with E-state index in [9.17, 15) is 4.39 Å². The number of nitrogens with one attached hydrogen (secondary N) is 1. The predicted molar refractivity (Wildman–Crippen MR) is 78.1 cm³/mol. The summed E-state index contributed by atoms with van der Waals surface area (Å²) in [5.41, 5.74) is 0.723. The summed E-state index contributed by atoms with van der Waals surface area (Å²) >= 11 is 7.84. The van der Waals surface area contributed by atoms with Crippen molar-refractivity contribution in [2.24, 2.45) is 0 Å². The molecule has 1 aromatic rings. The van der Waals surface area contributed by atoms with Crippen molar-refractivity contribution < 1.29 is 4.39 Å². The lowest BCUT2D eigenvalue weighted by atomic mass is 10.0. The molecule has 2 unspecified atom stereocenters. The molecule has 2 atom stereocenters. The largest absolute Gasteiger partial charge is 0.313 e. The van der Waals surface area contributed by atoms with E-state index in [4.69, 9.17) is 11.6 Å². The van der Waals surface area contributed by atoms with Gasteiger partial charge in [-0.3, -0.25) is 0 Å². The second-order valence-corrected chi connectivity index (χ2v) is 6.39. The zero-order valence-corrected chi connectivity index (χ0v) is 12.2. The third kappa shape index (κ3) is 3.40. The van der Waals surface area contributed by atoms with Crippen molar-refractivity contribution in [3.05, 3.63) is 34.6 Å². The maximum absolute atomic E-state index is 13.9. The quantitative estimate of drug-likeness (QED) is 0.882. The highest BCUT2D eigenvalue weighted by molar-refractivity contribution is 8.00. The second kappa shape index (κ2) is 6.78. The van der Waals surface area contributed by atoms with Crippen LogP contribution in [0.25, 0.3) is 0 Å². The highest BCUT2D eigenvalue weighted by Gasteiger charge is 2.26. The van der Waals surface area contributed by atoms with Gasteiger partial charge in [-0.25, -0.2) is 4.39 Å². The Labute approximate surface area is 117 Å². The minimum absolute atomic E-state index is 0.224. The van der Waals surface area contributed by atoms with E-state index < -0.39 is 0 Å². The summed E-state index contributed by atoms with van der Waals surface area (Å²) in [6, 6.07) is 5.61. The molecule has 0 bridgehead atoms. The first-order chi connectivity index (χ1) is 8.72. The highest BCUT2D eigenvalue weighted by Crippen LogP contribution is 2.31. The molecule has 1 aromatic carbocycles. The Morgan fingerprint density at radius 3 is 3.06 bits per heavy atom. The summed E-state index contributed by atoms with van der Waals surface area (Å²) in [6.07, 6.45) is 3.22. The zero-order valence-electron chi connectivity index (χ0n) is 10.6. The summed E-state index contributed by atoms with van der Waals surface area (Å²) in [6.45, 7) is 3.02. The van der Waals surface area contributed by atoms with Gasteiger partial charge in [0.05, 0.1) is 5.02 Å². The topological polar surface area (TPSA) is 12.0 Å². The van der Waals surface area contributed by atoms with Crippen LogP contribution in [0.2, 0.25) is 5.02 Å². The monoisotopic (exact) mass is 287 g/mol. The van der Waals surface area contributed by atoms with E-state index in [0.717, 1.165) is 18.5 Å². The van der Waals surface area contributed by atoms with Crippen LogP contribution in [0, 0.1) is 5.82 Å². The van der Waals surface area contributed by atoms with Gasteiger partial charge in [0.15, 0.2) is 0 Å². The van der Waals surface area contributed by atoms with Crippen LogP contribution in [0.5, 0.6) is 0 Å². The first-order valence-electron chi connectivity index (χ1n) is 6.50. The number of thioether (sulfide) groups is 1. The molecule has 1 heterocycles. The third-order valence-corrected chi connectivity index (χ3v) is 5.16. The van der Waals surface area contributed by atoms with Crippen molar-refractivity contribution in [3.8, 4) is 0 Å². The van der Waals surface area contributed by atoms with Crippen molar-refractivity contribution >= 4 is 23.4 Å². The fraction of sp³-hybridized carbons (Fsp3) is 0.571. The second-order valence-electron chi connectivity index (χ2n) is 4.63. The first-order valence-corrected chi connectivity index (χ1v) is 7.93. The van der Waals surface area contributed by atoms with Crippen molar-refractivity contribution in [3.63, 3.8) is 0 Å². The first kappa shape index (κ1) is 14.2. The van der Waals surface area contributed by atoms with E-state index >= 15 is 0 Å². The lowest BCUT2D eigenvalue weighted by Gasteiger charge is -2.24. The molecule has 0 spiro atoms. The Kier molecular flexibility index (Phi) is 5.34. The smallest absolute Gasteiger partial charge is 0.145 e. The van der Waals surface area contributed by atoms with Crippen LogP contribution in [0.15, 0.2) is 18.2 Å². The summed E-state index contributed by atoms with van der Waals surface area (Å²) in [4.78, 5) is 0. The van der Waals surface area contributed by atoms with Crippen LogP contribution in [0.1, 0.15) is 25.3 Å². The third-order valence-electron chi connectivity index (χ3n) is 3.35.